The minimum absolute atomic E-state index is 0.0989. The lowest BCUT2D eigenvalue weighted by atomic mass is 9.34. The van der Waals surface area contributed by atoms with Crippen LogP contribution < -0.4 is 0 Å². The molecule has 1 heterocycles. The van der Waals surface area contributed by atoms with Crippen molar-refractivity contribution in [3.63, 3.8) is 0 Å². The quantitative estimate of drug-likeness (QED) is 0.190. The van der Waals surface area contributed by atoms with Crippen molar-refractivity contribution >= 4 is 0 Å². The second kappa shape index (κ2) is 12.0. The third-order valence-corrected chi connectivity index (χ3v) is 14.3. The minimum atomic E-state index is -1.59. The molecule has 8 N–H and O–H groups in total. The van der Waals surface area contributed by atoms with E-state index in [4.69, 9.17) is 9.47 Å². The highest BCUT2D eigenvalue weighted by Gasteiger charge is 2.73. The van der Waals surface area contributed by atoms with Crippen molar-refractivity contribution in [2.24, 2.45) is 45.3 Å². The molecule has 10 nitrogen and oxygen atoms in total. The monoisotopic (exact) mass is 654 g/mol. The van der Waals surface area contributed by atoms with Crippen molar-refractivity contribution in [3.8, 4) is 0 Å². The van der Waals surface area contributed by atoms with Gasteiger partial charge in [-0.1, -0.05) is 46.8 Å². The zero-order valence-corrected chi connectivity index (χ0v) is 29.1. The van der Waals surface area contributed by atoms with Crippen LogP contribution >= 0.6 is 0 Å². The van der Waals surface area contributed by atoms with Crippen molar-refractivity contribution < 1.29 is 50.3 Å². The average molecular weight is 655 g/mol. The molecule has 0 amide bonds. The van der Waals surface area contributed by atoms with Crippen LogP contribution in [-0.4, -0.2) is 108 Å². The fourth-order valence-corrected chi connectivity index (χ4v) is 11.9. The van der Waals surface area contributed by atoms with Crippen LogP contribution in [0.2, 0.25) is 0 Å². The van der Waals surface area contributed by atoms with E-state index in [0.29, 0.717) is 32.1 Å². The third kappa shape index (κ3) is 5.55. The standard InChI is InChI=1S/C36H62O10/c1-31(2,44)12-9-13-36(8,46-30-28(43)27(42)26(41)22(18-37)45-30)19-10-15-34(6)25(19)20(38)16-23-33(5)14-11-24(40)32(3,4)29(33)21(39)17-35(23,34)7/h9,12,19-30,37-44H,10-11,13-18H2,1-8H3/b12-9+/t19-,20+,21-,22+,23+,24-,25-,26+,27-,28+,29-,30-,33+,34+,35+,36-/m0/s1. The summed E-state index contributed by atoms with van der Waals surface area (Å²) >= 11 is 0. The van der Waals surface area contributed by atoms with Crippen LogP contribution in [0.25, 0.3) is 0 Å². The number of aliphatic hydroxyl groups is 8. The Hall–Kier alpha value is -0.660. The SMILES string of the molecule is CC(C)(O)/C=C/C[C@](C)(O[C@@H]1O[C@H](CO)[C@@H](O)[C@H](O)[C@H]1O)[C@H]1CC[C@]2(C)[C@@H]1[C@H](O)C[C@@H]1[C@@]3(C)CC[C@H](O)C(C)(C)[C@@H]3[C@@H](O)C[C@]12C. The average Bonchev–Trinajstić information content (AvgIpc) is 3.32. The summed E-state index contributed by atoms with van der Waals surface area (Å²) in [5.41, 5.74) is -3.55. The fourth-order valence-electron chi connectivity index (χ4n) is 11.9. The Balaban J connectivity index is 1.52. The normalized spacial score (nSPS) is 52.1. The van der Waals surface area contributed by atoms with Gasteiger partial charge in [0.15, 0.2) is 6.29 Å². The summed E-state index contributed by atoms with van der Waals surface area (Å²) in [4.78, 5) is 0. The summed E-state index contributed by atoms with van der Waals surface area (Å²) in [6.07, 6.45) is -1.00. The smallest absolute Gasteiger partial charge is 0.187 e. The summed E-state index contributed by atoms with van der Waals surface area (Å²) in [6, 6.07) is 0. The largest absolute Gasteiger partial charge is 0.394 e. The summed E-state index contributed by atoms with van der Waals surface area (Å²) in [6.45, 7) is 15.7. The molecule has 0 unspecified atom stereocenters. The Morgan fingerprint density at radius 1 is 0.848 bits per heavy atom. The fraction of sp³-hybridized carbons (Fsp3) is 0.944. The molecule has 266 valence electrons. The highest BCUT2D eigenvalue weighted by molar-refractivity contribution is 5.22. The minimum Gasteiger partial charge on any atom is -0.394 e. The first kappa shape index (κ1) is 36.6. The summed E-state index contributed by atoms with van der Waals surface area (Å²) in [5, 5.41) is 87.4. The zero-order chi connectivity index (χ0) is 34.4. The lowest BCUT2D eigenvalue weighted by molar-refractivity contribution is -0.335. The van der Waals surface area contributed by atoms with Gasteiger partial charge in [0, 0.05) is 0 Å². The van der Waals surface area contributed by atoms with Crippen molar-refractivity contribution in [2.45, 2.75) is 161 Å². The van der Waals surface area contributed by atoms with Crippen LogP contribution in [0.15, 0.2) is 12.2 Å². The first-order chi connectivity index (χ1) is 21.1. The Labute approximate surface area is 274 Å². The van der Waals surface area contributed by atoms with Gasteiger partial charge >= 0.3 is 0 Å². The van der Waals surface area contributed by atoms with Gasteiger partial charge in [0.25, 0.3) is 0 Å². The van der Waals surface area contributed by atoms with E-state index in [1.54, 1.807) is 19.9 Å². The lowest BCUT2D eigenvalue weighted by Gasteiger charge is -2.71. The molecule has 46 heavy (non-hydrogen) atoms. The number of ether oxygens (including phenoxy) is 2. The molecule has 0 radical (unpaired) electrons. The van der Waals surface area contributed by atoms with E-state index >= 15 is 0 Å². The Kier molecular flexibility index (Phi) is 9.55. The van der Waals surface area contributed by atoms with Crippen molar-refractivity contribution in [2.75, 3.05) is 6.61 Å². The molecule has 10 heteroatoms. The number of aliphatic hydroxyl groups excluding tert-OH is 7. The van der Waals surface area contributed by atoms with Crippen LogP contribution in [0.3, 0.4) is 0 Å². The molecule has 0 aromatic carbocycles. The van der Waals surface area contributed by atoms with E-state index in [1.807, 2.05) is 13.0 Å². The molecule has 5 rings (SSSR count). The molecule has 5 fully saturated rings. The topological polar surface area (TPSA) is 180 Å². The van der Waals surface area contributed by atoms with Crippen molar-refractivity contribution in [3.05, 3.63) is 12.2 Å². The number of rotatable bonds is 7. The first-order valence-electron chi connectivity index (χ1n) is 17.5. The van der Waals surface area contributed by atoms with Gasteiger partial charge in [-0.05, 0) is 111 Å². The van der Waals surface area contributed by atoms with E-state index in [1.165, 1.54) is 0 Å². The molecule has 4 aliphatic carbocycles. The number of fused-ring (bicyclic) bond motifs is 5. The molecular weight excluding hydrogens is 592 g/mol. The predicted octanol–water partition coefficient (Wildman–Crippen LogP) is 2.27. The van der Waals surface area contributed by atoms with Crippen LogP contribution in [-0.2, 0) is 9.47 Å². The molecular formula is C36H62O10. The van der Waals surface area contributed by atoms with Gasteiger partial charge in [0.05, 0.1) is 36.1 Å². The highest BCUT2D eigenvalue weighted by Crippen LogP contribution is 2.76. The van der Waals surface area contributed by atoms with Gasteiger partial charge in [0.2, 0.25) is 0 Å². The molecule has 1 aliphatic heterocycles. The second-order valence-electron chi connectivity index (χ2n) is 17.9. The Morgan fingerprint density at radius 2 is 1.50 bits per heavy atom. The Bertz CT molecular complexity index is 1140. The maximum Gasteiger partial charge on any atom is 0.187 e. The molecule has 5 aliphatic rings. The van der Waals surface area contributed by atoms with Crippen LogP contribution in [0.5, 0.6) is 0 Å². The maximum atomic E-state index is 12.2. The predicted molar refractivity (Wildman–Crippen MR) is 171 cm³/mol. The van der Waals surface area contributed by atoms with Gasteiger partial charge < -0.3 is 50.3 Å². The maximum absolute atomic E-state index is 12.2. The zero-order valence-electron chi connectivity index (χ0n) is 29.1. The van der Waals surface area contributed by atoms with Crippen LogP contribution in [0.1, 0.15) is 100 Å². The third-order valence-electron chi connectivity index (χ3n) is 14.3. The van der Waals surface area contributed by atoms with E-state index in [-0.39, 0.29) is 39.9 Å². The number of hydrogen-bond donors (Lipinski definition) is 8. The second-order valence-corrected chi connectivity index (χ2v) is 17.9. The highest BCUT2D eigenvalue weighted by atomic mass is 16.7. The molecule has 0 aromatic heterocycles. The molecule has 0 spiro atoms. The van der Waals surface area contributed by atoms with Gasteiger partial charge in [-0.3, -0.25) is 0 Å². The molecule has 0 aromatic rings. The first-order valence-corrected chi connectivity index (χ1v) is 17.5. The van der Waals surface area contributed by atoms with Crippen LogP contribution in [0, 0.1) is 45.3 Å². The van der Waals surface area contributed by atoms with Crippen molar-refractivity contribution in [1.82, 2.24) is 0 Å². The Morgan fingerprint density at radius 3 is 2.11 bits per heavy atom. The van der Waals surface area contributed by atoms with Crippen LogP contribution in [0.4, 0.5) is 0 Å². The van der Waals surface area contributed by atoms with Gasteiger partial charge in [-0.2, -0.15) is 0 Å². The van der Waals surface area contributed by atoms with E-state index in [2.05, 4.69) is 34.6 Å². The van der Waals surface area contributed by atoms with Crippen molar-refractivity contribution in [1.29, 1.82) is 0 Å². The van der Waals surface area contributed by atoms with E-state index in [9.17, 15) is 40.9 Å². The number of hydrogen-bond acceptors (Lipinski definition) is 10. The lowest BCUT2D eigenvalue weighted by Crippen LogP contribution is -2.70. The molecule has 0 bridgehead atoms. The summed E-state index contributed by atoms with van der Waals surface area (Å²) in [5.74, 6) is -0.425. The summed E-state index contributed by atoms with van der Waals surface area (Å²) < 4.78 is 12.5. The molecule has 4 saturated carbocycles. The summed E-state index contributed by atoms with van der Waals surface area (Å²) in [7, 11) is 0. The van der Waals surface area contributed by atoms with Gasteiger partial charge in [-0.25, -0.2) is 0 Å². The van der Waals surface area contributed by atoms with E-state index in [0.717, 1.165) is 12.8 Å². The molecule has 1 saturated heterocycles. The van der Waals surface area contributed by atoms with E-state index < -0.39 is 72.2 Å². The molecule has 16 atom stereocenters. The van der Waals surface area contributed by atoms with Gasteiger partial charge in [-0.15, -0.1) is 0 Å². The van der Waals surface area contributed by atoms with Gasteiger partial charge in [0.1, 0.15) is 24.4 Å².